The standard InChI is InChI=1S/C56H34N6/c1-5-15-37(16-6-1)51-57-52(38-17-7-2-8-18-38)60-55(59-51)41-29-31-43-45-25-13-23-35-27-28-36-24-14-26-46(50(36)49(35)45)44-32-30-42(34-48(44)47(43)33-41)56-61-53(39-19-9-3-10-20-39)58-54(62-56)40-21-11-4-12-22-40/h1-34H. The second-order valence-corrected chi connectivity index (χ2v) is 15.5. The third-order valence-corrected chi connectivity index (χ3v) is 11.7. The van der Waals surface area contributed by atoms with Crippen molar-refractivity contribution in [2.24, 2.45) is 0 Å². The molecule has 12 rings (SSSR count). The fraction of sp³-hybridized carbons (Fsp3) is 0. The Hall–Kier alpha value is -8.48. The van der Waals surface area contributed by atoms with Gasteiger partial charge in [-0.3, -0.25) is 0 Å². The van der Waals surface area contributed by atoms with E-state index in [4.69, 9.17) is 29.9 Å². The fourth-order valence-corrected chi connectivity index (χ4v) is 8.76. The summed E-state index contributed by atoms with van der Waals surface area (Å²) in [4.78, 5) is 30.6. The zero-order chi connectivity index (χ0) is 41.0. The molecule has 2 heterocycles. The summed E-state index contributed by atoms with van der Waals surface area (Å²) in [6.07, 6.45) is 0. The molecule has 288 valence electrons. The molecular formula is C56H34N6. The number of nitrogens with zero attached hydrogens (tertiary/aromatic N) is 6. The van der Waals surface area contributed by atoms with E-state index in [-0.39, 0.29) is 0 Å². The molecule has 0 aliphatic carbocycles. The van der Waals surface area contributed by atoms with Crippen LogP contribution >= 0.6 is 0 Å². The highest BCUT2D eigenvalue weighted by molar-refractivity contribution is 6.33. The second kappa shape index (κ2) is 14.7. The molecule has 0 amide bonds. The van der Waals surface area contributed by atoms with Crippen LogP contribution in [0.2, 0.25) is 0 Å². The van der Waals surface area contributed by atoms with Crippen molar-refractivity contribution in [3.05, 3.63) is 206 Å². The van der Waals surface area contributed by atoms with Gasteiger partial charge in [0.25, 0.3) is 0 Å². The number of hydrogen-bond donors (Lipinski definition) is 0. The lowest BCUT2D eigenvalue weighted by Gasteiger charge is -2.15. The van der Waals surface area contributed by atoms with Gasteiger partial charge in [0.15, 0.2) is 34.9 Å². The summed E-state index contributed by atoms with van der Waals surface area (Å²) in [6, 6.07) is 71.4. The van der Waals surface area contributed by atoms with E-state index in [1.807, 2.05) is 121 Å². The van der Waals surface area contributed by atoms with Crippen LogP contribution in [0.5, 0.6) is 0 Å². The molecule has 0 bridgehead atoms. The van der Waals surface area contributed by atoms with Gasteiger partial charge in [-0.05, 0) is 66.0 Å². The number of rotatable bonds is 6. The van der Waals surface area contributed by atoms with Crippen LogP contribution in [-0.2, 0) is 0 Å². The maximum atomic E-state index is 5.15. The molecule has 0 atom stereocenters. The van der Waals surface area contributed by atoms with Crippen molar-refractivity contribution in [3.63, 3.8) is 0 Å². The summed E-state index contributed by atoms with van der Waals surface area (Å²) in [5.41, 5.74) is 5.46. The van der Waals surface area contributed by atoms with E-state index in [2.05, 4.69) is 84.9 Å². The maximum absolute atomic E-state index is 5.15. The summed E-state index contributed by atoms with van der Waals surface area (Å²) in [6.45, 7) is 0. The highest BCUT2D eigenvalue weighted by Gasteiger charge is 2.18. The third kappa shape index (κ3) is 6.13. The Balaban J connectivity index is 1.18. The molecule has 0 N–H and O–H groups in total. The van der Waals surface area contributed by atoms with Gasteiger partial charge in [0, 0.05) is 33.4 Å². The van der Waals surface area contributed by atoms with Crippen LogP contribution in [0, 0.1) is 0 Å². The normalized spacial score (nSPS) is 11.5. The van der Waals surface area contributed by atoms with Crippen LogP contribution in [-0.4, -0.2) is 29.9 Å². The average Bonchev–Trinajstić information content (AvgIpc) is 3.36. The predicted molar refractivity (Wildman–Crippen MR) is 253 cm³/mol. The van der Waals surface area contributed by atoms with Gasteiger partial charge in [0.2, 0.25) is 0 Å². The Morgan fingerprint density at radius 2 is 0.500 bits per heavy atom. The first-order valence-electron chi connectivity index (χ1n) is 20.7. The molecule has 6 nitrogen and oxygen atoms in total. The molecule has 12 aromatic rings. The van der Waals surface area contributed by atoms with Crippen molar-refractivity contribution in [2.45, 2.75) is 0 Å². The Kier molecular flexibility index (Phi) is 8.38. The Bertz CT molecular complexity index is 3310. The largest absolute Gasteiger partial charge is 0.208 e. The van der Waals surface area contributed by atoms with E-state index in [1.165, 1.54) is 32.3 Å². The molecule has 10 aromatic carbocycles. The molecule has 0 spiro atoms. The zero-order valence-electron chi connectivity index (χ0n) is 33.3. The second-order valence-electron chi connectivity index (χ2n) is 15.5. The fourth-order valence-electron chi connectivity index (χ4n) is 8.76. The van der Waals surface area contributed by atoms with Crippen LogP contribution < -0.4 is 0 Å². The molecule has 0 fully saturated rings. The molecule has 2 aromatic heterocycles. The Morgan fingerprint density at radius 3 is 0.823 bits per heavy atom. The van der Waals surface area contributed by atoms with E-state index in [0.717, 1.165) is 54.9 Å². The van der Waals surface area contributed by atoms with E-state index in [0.29, 0.717) is 34.9 Å². The highest BCUT2D eigenvalue weighted by atomic mass is 15.0. The summed E-state index contributed by atoms with van der Waals surface area (Å²) >= 11 is 0. The van der Waals surface area contributed by atoms with Gasteiger partial charge in [0.05, 0.1) is 0 Å². The van der Waals surface area contributed by atoms with Gasteiger partial charge in [0.1, 0.15) is 0 Å². The monoisotopic (exact) mass is 790 g/mol. The molecule has 0 aliphatic heterocycles. The molecule has 0 saturated carbocycles. The minimum atomic E-state index is 0.596. The van der Waals surface area contributed by atoms with Crippen LogP contribution in [0.1, 0.15) is 0 Å². The molecule has 0 radical (unpaired) electrons. The van der Waals surface area contributed by atoms with Crippen LogP contribution in [0.3, 0.4) is 0 Å². The number of benzene rings is 9. The molecule has 0 saturated heterocycles. The van der Waals surface area contributed by atoms with Crippen molar-refractivity contribution in [2.75, 3.05) is 0 Å². The SMILES string of the molecule is c1ccc(-c2nc(-c3ccccc3)nc(-c3ccc4c(c3)c3cc(-c5nc(-c6ccccc6)nc(-c6ccccc6)n5)ccc3c3cccc5ccc6cccc4c6c53)n2)cc1. The summed E-state index contributed by atoms with van der Waals surface area (Å²) in [5, 5.41) is 11.5. The van der Waals surface area contributed by atoms with Gasteiger partial charge in [-0.1, -0.05) is 194 Å². The van der Waals surface area contributed by atoms with Crippen molar-refractivity contribution >= 4 is 53.9 Å². The van der Waals surface area contributed by atoms with Crippen molar-refractivity contribution in [1.82, 2.24) is 29.9 Å². The van der Waals surface area contributed by atoms with Crippen LogP contribution in [0.4, 0.5) is 0 Å². The van der Waals surface area contributed by atoms with Crippen LogP contribution in [0.15, 0.2) is 206 Å². The summed E-state index contributed by atoms with van der Waals surface area (Å²) in [7, 11) is 0. The molecule has 62 heavy (non-hydrogen) atoms. The Morgan fingerprint density at radius 1 is 0.194 bits per heavy atom. The third-order valence-electron chi connectivity index (χ3n) is 11.7. The van der Waals surface area contributed by atoms with Gasteiger partial charge in [-0.15, -0.1) is 0 Å². The highest BCUT2D eigenvalue weighted by Crippen LogP contribution is 2.42. The lowest BCUT2D eigenvalue weighted by Crippen LogP contribution is -2.00. The minimum absolute atomic E-state index is 0.596. The first-order valence-corrected chi connectivity index (χ1v) is 20.7. The van der Waals surface area contributed by atoms with Gasteiger partial charge >= 0.3 is 0 Å². The van der Waals surface area contributed by atoms with Gasteiger partial charge < -0.3 is 0 Å². The molecular weight excluding hydrogens is 757 g/mol. The Labute approximate surface area is 357 Å². The molecule has 0 aliphatic rings. The minimum Gasteiger partial charge on any atom is -0.208 e. The summed E-state index contributed by atoms with van der Waals surface area (Å²) in [5.74, 6) is 3.66. The lowest BCUT2D eigenvalue weighted by atomic mass is 9.89. The lowest BCUT2D eigenvalue weighted by molar-refractivity contribution is 1.07. The molecule has 6 heteroatoms. The maximum Gasteiger partial charge on any atom is 0.164 e. The van der Waals surface area contributed by atoms with E-state index in [1.54, 1.807) is 0 Å². The quantitative estimate of drug-likeness (QED) is 0.156. The van der Waals surface area contributed by atoms with E-state index >= 15 is 0 Å². The van der Waals surface area contributed by atoms with E-state index < -0.39 is 0 Å². The number of aromatic nitrogens is 6. The molecule has 0 unspecified atom stereocenters. The zero-order valence-corrected chi connectivity index (χ0v) is 33.3. The average molecular weight is 791 g/mol. The van der Waals surface area contributed by atoms with Gasteiger partial charge in [-0.2, -0.15) is 0 Å². The predicted octanol–water partition coefficient (Wildman–Crippen LogP) is 13.8. The van der Waals surface area contributed by atoms with E-state index in [9.17, 15) is 0 Å². The van der Waals surface area contributed by atoms with Crippen molar-refractivity contribution < 1.29 is 0 Å². The van der Waals surface area contributed by atoms with Crippen LogP contribution in [0.25, 0.3) is 122 Å². The van der Waals surface area contributed by atoms with Crippen molar-refractivity contribution in [1.29, 1.82) is 0 Å². The number of fused-ring (bicyclic) bond motifs is 5. The summed E-state index contributed by atoms with van der Waals surface area (Å²) < 4.78 is 0. The first kappa shape index (κ1) is 35.5. The van der Waals surface area contributed by atoms with Gasteiger partial charge in [-0.25, -0.2) is 29.9 Å². The topological polar surface area (TPSA) is 77.3 Å². The van der Waals surface area contributed by atoms with Crippen molar-refractivity contribution in [3.8, 4) is 68.3 Å². The number of hydrogen-bond acceptors (Lipinski definition) is 6. The smallest absolute Gasteiger partial charge is 0.164 e. The first-order chi connectivity index (χ1) is 30.7.